The molecule has 0 aromatic heterocycles. The van der Waals surface area contributed by atoms with Gasteiger partial charge in [-0.1, -0.05) is 25.1 Å². The minimum Gasteiger partial charge on any atom is -0.481 e. The van der Waals surface area contributed by atoms with E-state index in [1.54, 1.807) is 12.1 Å². The molecule has 1 heterocycles. The molecule has 30 heavy (non-hydrogen) atoms. The molecule has 1 aliphatic heterocycles. The second kappa shape index (κ2) is 9.33. The average Bonchev–Trinajstić information content (AvgIpc) is 3.32. The van der Waals surface area contributed by atoms with Crippen molar-refractivity contribution in [2.75, 3.05) is 18.4 Å². The van der Waals surface area contributed by atoms with Gasteiger partial charge in [0.25, 0.3) is 11.8 Å². The van der Waals surface area contributed by atoms with Crippen molar-refractivity contribution >= 4 is 17.5 Å². The van der Waals surface area contributed by atoms with Gasteiger partial charge in [0, 0.05) is 13.1 Å². The third-order valence-corrected chi connectivity index (χ3v) is 6.07. The van der Waals surface area contributed by atoms with Gasteiger partial charge in [0.05, 0.1) is 11.3 Å². The first-order valence-electron chi connectivity index (χ1n) is 11.1. The predicted octanol–water partition coefficient (Wildman–Crippen LogP) is 4.60. The Bertz CT molecular complexity index is 918. The molecule has 1 saturated heterocycles. The number of likely N-dealkylation sites (tertiary alicyclic amines) is 1. The first kappa shape index (κ1) is 20.5. The molecule has 158 valence electrons. The Morgan fingerprint density at radius 1 is 1.00 bits per heavy atom. The second-order valence-electron chi connectivity index (χ2n) is 8.19. The van der Waals surface area contributed by atoms with Crippen LogP contribution < -0.4 is 10.1 Å². The lowest BCUT2D eigenvalue weighted by Crippen LogP contribution is -2.34. The van der Waals surface area contributed by atoms with Crippen LogP contribution in [0, 0.1) is 0 Å². The zero-order valence-corrected chi connectivity index (χ0v) is 17.7. The minimum absolute atomic E-state index is 0.0212. The molecule has 0 bridgehead atoms. The largest absolute Gasteiger partial charge is 0.481 e. The number of amides is 2. The van der Waals surface area contributed by atoms with Crippen LogP contribution in [0.3, 0.4) is 0 Å². The van der Waals surface area contributed by atoms with Crippen LogP contribution in [-0.2, 0) is 17.6 Å². The number of benzene rings is 2. The minimum atomic E-state index is -0.610. The number of hydrogen-bond donors (Lipinski definition) is 1. The first-order chi connectivity index (χ1) is 14.7. The molecule has 1 unspecified atom stereocenters. The lowest BCUT2D eigenvalue weighted by atomic mass is 9.92. The van der Waals surface area contributed by atoms with Crippen molar-refractivity contribution in [3.05, 3.63) is 59.2 Å². The summed E-state index contributed by atoms with van der Waals surface area (Å²) in [7, 11) is 0. The van der Waals surface area contributed by atoms with E-state index < -0.39 is 6.10 Å². The summed E-state index contributed by atoms with van der Waals surface area (Å²) in [5.74, 6) is 0.489. The topological polar surface area (TPSA) is 58.6 Å². The molecule has 1 aliphatic carbocycles. The van der Waals surface area contributed by atoms with Crippen LogP contribution in [0.15, 0.2) is 42.5 Å². The van der Waals surface area contributed by atoms with Gasteiger partial charge in [-0.3, -0.25) is 9.59 Å². The van der Waals surface area contributed by atoms with Crippen molar-refractivity contribution in [2.45, 2.75) is 58.0 Å². The summed E-state index contributed by atoms with van der Waals surface area (Å²) in [6.07, 6.45) is 6.64. The summed E-state index contributed by atoms with van der Waals surface area (Å²) in [5, 5.41) is 2.94. The number of fused-ring (bicyclic) bond motifs is 1. The molecule has 2 aromatic carbocycles. The van der Waals surface area contributed by atoms with Crippen molar-refractivity contribution in [1.29, 1.82) is 0 Å². The SMILES string of the molecule is CCC(Oc1ccc2c(c1)CCCC2)C(=O)Nc1ccccc1C(=O)N1CCCC1. The monoisotopic (exact) mass is 406 g/mol. The van der Waals surface area contributed by atoms with E-state index in [1.807, 2.05) is 30.0 Å². The Kier molecular flexibility index (Phi) is 6.36. The number of carbonyl (C=O) groups excluding carboxylic acids is 2. The maximum absolute atomic E-state index is 13.0. The fraction of sp³-hybridized carbons (Fsp3) is 0.440. The third kappa shape index (κ3) is 4.50. The first-order valence-corrected chi connectivity index (χ1v) is 11.1. The van der Waals surface area contributed by atoms with Gasteiger partial charge in [0.1, 0.15) is 5.75 Å². The van der Waals surface area contributed by atoms with Gasteiger partial charge in [-0.25, -0.2) is 0 Å². The van der Waals surface area contributed by atoms with Crippen molar-refractivity contribution in [1.82, 2.24) is 4.90 Å². The highest BCUT2D eigenvalue weighted by molar-refractivity contribution is 6.04. The molecular formula is C25H30N2O3. The van der Waals surface area contributed by atoms with Crippen LogP contribution in [0.5, 0.6) is 5.75 Å². The van der Waals surface area contributed by atoms with Crippen LogP contribution in [0.1, 0.15) is 60.5 Å². The quantitative estimate of drug-likeness (QED) is 0.763. The molecule has 5 nitrogen and oxygen atoms in total. The second-order valence-corrected chi connectivity index (χ2v) is 8.19. The number of carbonyl (C=O) groups is 2. The molecule has 0 spiro atoms. The molecule has 2 aromatic rings. The summed E-state index contributed by atoms with van der Waals surface area (Å²) in [5.41, 5.74) is 3.80. The molecule has 2 aliphatic rings. The fourth-order valence-corrected chi connectivity index (χ4v) is 4.35. The van der Waals surface area contributed by atoms with Crippen LogP contribution in [0.25, 0.3) is 0 Å². The number of nitrogens with zero attached hydrogens (tertiary/aromatic N) is 1. The number of nitrogens with one attached hydrogen (secondary N) is 1. The lowest BCUT2D eigenvalue weighted by Gasteiger charge is -2.22. The Hall–Kier alpha value is -2.82. The van der Waals surface area contributed by atoms with E-state index in [1.165, 1.54) is 24.0 Å². The molecule has 0 saturated carbocycles. The van der Waals surface area contributed by atoms with E-state index in [9.17, 15) is 9.59 Å². The van der Waals surface area contributed by atoms with Gasteiger partial charge in [-0.2, -0.15) is 0 Å². The Morgan fingerprint density at radius 2 is 1.73 bits per heavy atom. The number of ether oxygens (including phenoxy) is 1. The number of para-hydroxylation sites is 1. The number of anilines is 1. The van der Waals surface area contributed by atoms with E-state index >= 15 is 0 Å². The molecular weight excluding hydrogens is 376 g/mol. The summed E-state index contributed by atoms with van der Waals surface area (Å²) < 4.78 is 6.06. The summed E-state index contributed by atoms with van der Waals surface area (Å²) in [6, 6.07) is 13.4. The number of hydrogen-bond acceptors (Lipinski definition) is 3. The summed E-state index contributed by atoms with van der Waals surface area (Å²) in [4.78, 5) is 27.7. The molecule has 1 fully saturated rings. The molecule has 5 heteroatoms. The van der Waals surface area contributed by atoms with Gasteiger partial charge in [-0.05, 0) is 80.3 Å². The number of rotatable bonds is 6. The van der Waals surface area contributed by atoms with Crippen LogP contribution in [-0.4, -0.2) is 35.9 Å². The standard InChI is InChI=1S/C25H30N2O3/c1-2-23(30-20-14-13-18-9-3-4-10-19(18)17-20)24(28)26-22-12-6-5-11-21(22)25(29)27-15-7-8-16-27/h5-6,11-14,17,23H,2-4,7-10,15-16H2,1H3,(H,26,28). The fourth-order valence-electron chi connectivity index (χ4n) is 4.35. The highest BCUT2D eigenvalue weighted by Crippen LogP contribution is 2.27. The van der Waals surface area contributed by atoms with Crippen molar-refractivity contribution in [3.63, 3.8) is 0 Å². The van der Waals surface area contributed by atoms with E-state index in [-0.39, 0.29) is 11.8 Å². The maximum atomic E-state index is 13.0. The molecule has 4 rings (SSSR count). The normalized spacial score (nSPS) is 16.6. The van der Waals surface area contributed by atoms with Crippen molar-refractivity contribution < 1.29 is 14.3 Å². The van der Waals surface area contributed by atoms with Crippen molar-refractivity contribution in [3.8, 4) is 5.75 Å². The van der Waals surface area contributed by atoms with Crippen LogP contribution >= 0.6 is 0 Å². The zero-order chi connectivity index (χ0) is 20.9. The van der Waals surface area contributed by atoms with E-state index in [4.69, 9.17) is 4.74 Å². The Balaban J connectivity index is 1.47. The van der Waals surface area contributed by atoms with Gasteiger partial charge >= 0.3 is 0 Å². The van der Waals surface area contributed by atoms with E-state index in [0.717, 1.165) is 44.5 Å². The Morgan fingerprint density at radius 3 is 2.50 bits per heavy atom. The average molecular weight is 407 g/mol. The highest BCUT2D eigenvalue weighted by Gasteiger charge is 2.25. The maximum Gasteiger partial charge on any atom is 0.265 e. The Labute approximate surface area is 178 Å². The lowest BCUT2D eigenvalue weighted by molar-refractivity contribution is -0.122. The summed E-state index contributed by atoms with van der Waals surface area (Å²) >= 11 is 0. The molecule has 1 N–H and O–H groups in total. The zero-order valence-electron chi connectivity index (χ0n) is 17.7. The third-order valence-electron chi connectivity index (χ3n) is 6.07. The van der Waals surface area contributed by atoms with Crippen molar-refractivity contribution in [2.24, 2.45) is 0 Å². The predicted molar refractivity (Wildman–Crippen MR) is 118 cm³/mol. The van der Waals surface area contributed by atoms with Gasteiger partial charge in [-0.15, -0.1) is 0 Å². The van der Waals surface area contributed by atoms with E-state index in [2.05, 4.69) is 17.4 Å². The van der Waals surface area contributed by atoms with Gasteiger partial charge in [0.2, 0.25) is 0 Å². The van der Waals surface area contributed by atoms with Crippen LogP contribution in [0.4, 0.5) is 5.69 Å². The smallest absolute Gasteiger partial charge is 0.265 e. The van der Waals surface area contributed by atoms with Gasteiger partial charge < -0.3 is 15.0 Å². The molecule has 0 radical (unpaired) electrons. The highest BCUT2D eigenvalue weighted by atomic mass is 16.5. The summed E-state index contributed by atoms with van der Waals surface area (Å²) in [6.45, 7) is 3.49. The van der Waals surface area contributed by atoms with Gasteiger partial charge in [0.15, 0.2) is 6.10 Å². The number of aryl methyl sites for hydroxylation is 2. The van der Waals surface area contributed by atoms with E-state index in [0.29, 0.717) is 17.7 Å². The van der Waals surface area contributed by atoms with Crippen LogP contribution in [0.2, 0.25) is 0 Å². The molecule has 2 amide bonds. The molecule has 1 atom stereocenters.